The molecule has 1 aromatic rings. The second-order valence-electron chi connectivity index (χ2n) is 3.18. The number of rotatable bonds is 4. The molecule has 0 aromatic heterocycles. The SMILES string of the molecule is CCCC[C@@H](O)c1ccccc1Cl. The highest BCUT2D eigenvalue weighted by Gasteiger charge is 2.09. The Morgan fingerprint density at radius 1 is 1.38 bits per heavy atom. The second-order valence-corrected chi connectivity index (χ2v) is 3.59. The van der Waals surface area contributed by atoms with E-state index in [1.807, 2.05) is 24.3 Å². The molecule has 72 valence electrons. The lowest BCUT2D eigenvalue weighted by molar-refractivity contribution is 0.164. The second kappa shape index (κ2) is 5.25. The van der Waals surface area contributed by atoms with Crippen molar-refractivity contribution in [2.24, 2.45) is 0 Å². The molecule has 0 amide bonds. The molecule has 0 saturated carbocycles. The van der Waals surface area contributed by atoms with Gasteiger partial charge in [0.1, 0.15) is 0 Å². The van der Waals surface area contributed by atoms with Crippen molar-refractivity contribution in [1.82, 2.24) is 0 Å². The Labute approximate surface area is 84.4 Å². The van der Waals surface area contributed by atoms with Crippen molar-refractivity contribution >= 4 is 11.6 Å². The lowest BCUT2D eigenvalue weighted by Crippen LogP contribution is -1.97. The predicted octanol–water partition coefficient (Wildman–Crippen LogP) is 3.56. The van der Waals surface area contributed by atoms with E-state index in [9.17, 15) is 5.11 Å². The molecule has 0 unspecified atom stereocenters. The van der Waals surface area contributed by atoms with E-state index in [1.165, 1.54) is 0 Å². The smallest absolute Gasteiger partial charge is 0.0804 e. The lowest BCUT2D eigenvalue weighted by Gasteiger charge is -2.11. The Balaban J connectivity index is 2.65. The van der Waals surface area contributed by atoms with Gasteiger partial charge in [0, 0.05) is 5.02 Å². The van der Waals surface area contributed by atoms with E-state index in [2.05, 4.69) is 6.92 Å². The van der Waals surface area contributed by atoms with Gasteiger partial charge in [-0.25, -0.2) is 0 Å². The van der Waals surface area contributed by atoms with Crippen LogP contribution < -0.4 is 0 Å². The molecule has 0 saturated heterocycles. The molecule has 1 nitrogen and oxygen atoms in total. The number of unbranched alkanes of at least 4 members (excludes halogenated alkanes) is 1. The van der Waals surface area contributed by atoms with Gasteiger partial charge in [0.05, 0.1) is 6.10 Å². The maximum Gasteiger partial charge on any atom is 0.0804 e. The van der Waals surface area contributed by atoms with Gasteiger partial charge in [-0.15, -0.1) is 0 Å². The Bertz CT molecular complexity index is 260. The largest absolute Gasteiger partial charge is 0.388 e. The minimum absolute atomic E-state index is 0.409. The Morgan fingerprint density at radius 3 is 2.69 bits per heavy atom. The highest BCUT2D eigenvalue weighted by atomic mass is 35.5. The molecule has 0 bridgehead atoms. The van der Waals surface area contributed by atoms with Crippen LogP contribution in [0.1, 0.15) is 37.9 Å². The first-order valence-corrected chi connectivity index (χ1v) is 5.06. The molecule has 0 fully saturated rings. The average Bonchev–Trinajstić information content (AvgIpc) is 2.15. The molecule has 1 N–H and O–H groups in total. The van der Waals surface area contributed by atoms with E-state index in [0.717, 1.165) is 24.8 Å². The van der Waals surface area contributed by atoms with Crippen LogP contribution in [0.3, 0.4) is 0 Å². The van der Waals surface area contributed by atoms with E-state index >= 15 is 0 Å². The molecule has 0 aliphatic rings. The van der Waals surface area contributed by atoms with Crippen molar-refractivity contribution in [3.8, 4) is 0 Å². The van der Waals surface area contributed by atoms with E-state index in [1.54, 1.807) is 0 Å². The number of benzene rings is 1. The van der Waals surface area contributed by atoms with Gasteiger partial charge in [0.15, 0.2) is 0 Å². The van der Waals surface area contributed by atoms with Crippen molar-refractivity contribution in [1.29, 1.82) is 0 Å². The van der Waals surface area contributed by atoms with Gasteiger partial charge in [0.25, 0.3) is 0 Å². The average molecular weight is 199 g/mol. The predicted molar refractivity (Wildman–Crippen MR) is 55.9 cm³/mol. The zero-order valence-electron chi connectivity index (χ0n) is 7.83. The molecular formula is C11H15ClO. The fraction of sp³-hybridized carbons (Fsp3) is 0.455. The molecule has 2 heteroatoms. The minimum Gasteiger partial charge on any atom is -0.388 e. The number of aliphatic hydroxyl groups excluding tert-OH is 1. The monoisotopic (exact) mass is 198 g/mol. The van der Waals surface area contributed by atoms with Crippen molar-refractivity contribution in [3.63, 3.8) is 0 Å². The maximum atomic E-state index is 9.75. The van der Waals surface area contributed by atoms with Crippen LogP contribution in [0.5, 0.6) is 0 Å². The van der Waals surface area contributed by atoms with Crippen LogP contribution in [0.2, 0.25) is 5.02 Å². The maximum absolute atomic E-state index is 9.75. The van der Waals surface area contributed by atoms with Crippen LogP contribution >= 0.6 is 11.6 Å². The summed E-state index contributed by atoms with van der Waals surface area (Å²) in [6, 6.07) is 7.46. The summed E-state index contributed by atoms with van der Waals surface area (Å²) < 4.78 is 0. The molecule has 13 heavy (non-hydrogen) atoms. The van der Waals surface area contributed by atoms with Gasteiger partial charge >= 0.3 is 0 Å². The van der Waals surface area contributed by atoms with Gasteiger partial charge in [-0.1, -0.05) is 49.6 Å². The summed E-state index contributed by atoms with van der Waals surface area (Å²) in [6.07, 6.45) is 2.52. The van der Waals surface area contributed by atoms with Crippen LogP contribution in [0.15, 0.2) is 24.3 Å². The first-order valence-electron chi connectivity index (χ1n) is 4.68. The molecule has 0 heterocycles. The van der Waals surface area contributed by atoms with E-state index in [-0.39, 0.29) is 0 Å². The molecule has 0 aliphatic carbocycles. The highest BCUT2D eigenvalue weighted by Crippen LogP contribution is 2.25. The summed E-state index contributed by atoms with van der Waals surface area (Å²) in [5.41, 5.74) is 0.845. The molecule has 1 rings (SSSR count). The van der Waals surface area contributed by atoms with Crippen molar-refractivity contribution in [3.05, 3.63) is 34.9 Å². The van der Waals surface area contributed by atoms with Gasteiger partial charge in [-0.05, 0) is 18.1 Å². The van der Waals surface area contributed by atoms with Crippen molar-refractivity contribution in [2.45, 2.75) is 32.3 Å². The van der Waals surface area contributed by atoms with E-state index in [4.69, 9.17) is 11.6 Å². The van der Waals surface area contributed by atoms with Crippen LogP contribution in [0.4, 0.5) is 0 Å². The third-order valence-corrected chi connectivity index (χ3v) is 2.44. The van der Waals surface area contributed by atoms with Gasteiger partial charge in [-0.2, -0.15) is 0 Å². The zero-order chi connectivity index (χ0) is 9.68. The van der Waals surface area contributed by atoms with Crippen LogP contribution in [0.25, 0.3) is 0 Å². The fourth-order valence-electron chi connectivity index (χ4n) is 1.30. The van der Waals surface area contributed by atoms with Crippen LogP contribution in [-0.2, 0) is 0 Å². The summed E-state index contributed by atoms with van der Waals surface area (Å²) >= 11 is 5.94. The molecule has 0 radical (unpaired) electrons. The highest BCUT2D eigenvalue weighted by molar-refractivity contribution is 6.31. The molecule has 0 aliphatic heterocycles. The fourth-order valence-corrected chi connectivity index (χ4v) is 1.56. The topological polar surface area (TPSA) is 20.2 Å². The third-order valence-electron chi connectivity index (χ3n) is 2.10. The van der Waals surface area contributed by atoms with Gasteiger partial charge < -0.3 is 5.11 Å². The van der Waals surface area contributed by atoms with Crippen LogP contribution in [-0.4, -0.2) is 5.11 Å². The van der Waals surface area contributed by atoms with Gasteiger partial charge in [-0.3, -0.25) is 0 Å². The summed E-state index contributed by atoms with van der Waals surface area (Å²) in [4.78, 5) is 0. The number of halogens is 1. The number of hydrogen-bond acceptors (Lipinski definition) is 1. The van der Waals surface area contributed by atoms with Crippen molar-refractivity contribution < 1.29 is 5.11 Å². The molecular weight excluding hydrogens is 184 g/mol. The van der Waals surface area contributed by atoms with E-state index < -0.39 is 6.10 Å². The van der Waals surface area contributed by atoms with Crippen molar-refractivity contribution in [2.75, 3.05) is 0 Å². The summed E-state index contributed by atoms with van der Waals surface area (Å²) in [7, 11) is 0. The first kappa shape index (κ1) is 10.6. The third kappa shape index (κ3) is 3.02. The number of hydrogen-bond donors (Lipinski definition) is 1. The number of aliphatic hydroxyl groups is 1. The quantitative estimate of drug-likeness (QED) is 0.785. The Kier molecular flexibility index (Phi) is 4.26. The van der Waals surface area contributed by atoms with Crippen LogP contribution in [0, 0.1) is 0 Å². The first-order chi connectivity index (χ1) is 6.25. The summed E-state index contributed by atoms with van der Waals surface area (Å²) in [5, 5.41) is 10.4. The molecule has 1 aromatic carbocycles. The van der Waals surface area contributed by atoms with Gasteiger partial charge in [0.2, 0.25) is 0 Å². The summed E-state index contributed by atoms with van der Waals surface area (Å²) in [6.45, 7) is 2.11. The lowest BCUT2D eigenvalue weighted by atomic mass is 10.0. The molecule has 1 atom stereocenters. The Hall–Kier alpha value is -0.530. The standard InChI is InChI=1S/C11H15ClO/c1-2-3-8-11(13)9-6-4-5-7-10(9)12/h4-7,11,13H,2-3,8H2,1H3/t11-/m1/s1. The van der Waals surface area contributed by atoms with E-state index in [0.29, 0.717) is 5.02 Å². The minimum atomic E-state index is -0.409. The zero-order valence-corrected chi connectivity index (χ0v) is 8.59. The Morgan fingerprint density at radius 2 is 2.08 bits per heavy atom. The normalized spacial score (nSPS) is 12.8. The summed E-state index contributed by atoms with van der Waals surface area (Å²) in [5.74, 6) is 0. The molecule has 0 spiro atoms.